The quantitative estimate of drug-likeness (QED) is 0.773. The van der Waals surface area contributed by atoms with E-state index in [9.17, 15) is 0 Å². The second-order valence-electron chi connectivity index (χ2n) is 4.45. The first-order valence-corrected chi connectivity index (χ1v) is 5.80. The SMILES string of the molecule is CNc1ccc(C2CCNC(C)C2)cc1. The van der Waals surface area contributed by atoms with Crippen LogP contribution in [0.15, 0.2) is 24.3 Å². The Kier molecular flexibility index (Phi) is 3.27. The first-order chi connectivity index (χ1) is 7.29. The largest absolute Gasteiger partial charge is 0.388 e. The third kappa shape index (κ3) is 2.51. The van der Waals surface area contributed by atoms with Gasteiger partial charge in [0.1, 0.15) is 0 Å². The number of nitrogens with one attached hydrogen (secondary N) is 2. The molecule has 0 spiro atoms. The van der Waals surface area contributed by atoms with E-state index >= 15 is 0 Å². The lowest BCUT2D eigenvalue weighted by Crippen LogP contribution is -2.34. The number of piperidine rings is 1. The summed E-state index contributed by atoms with van der Waals surface area (Å²) < 4.78 is 0. The van der Waals surface area contributed by atoms with Crippen molar-refractivity contribution in [2.45, 2.75) is 31.7 Å². The first kappa shape index (κ1) is 10.5. The van der Waals surface area contributed by atoms with Crippen LogP contribution in [0, 0.1) is 0 Å². The molecule has 2 unspecified atom stereocenters. The first-order valence-electron chi connectivity index (χ1n) is 5.80. The third-order valence-electron chi connectivity index (χ3n) is 3.29. The van der Waals surface area contributed by atoms with Crippen molar-refractivity contribution >= 4 is 5.69 Å². The van der Waals surface area contributed by atoms with Crippen molar-refractivity contribution < 1.29 is 0 Å². The molecule has 1 saturated heterocycles. The van der Waals surface area contributed by atoms with E-state index in [1.165, 1.54) is 24.1 Å². The highest BCUT2D eigenvalue weighted by atomic mass is 14.9. The molecular weight excluding hydrogens is 184 g/mol. The van der Waals surface area contributed by atoms with Crippen LogP contribution in [0.4, 0.5) is 5.69 Å². The van der Waals surface area contributed by atoms with Gasteiger partial charge in [0.25, 0.3) is 0 Å². The third-order valence-corrected chi connectivity index (χ3v) is 3.29. The maximum Gasteiger partial charge on any atom is 0.0337 e. The fourth-order valence-electron chi connectivity index (χ4n) is 2.36. The molecule has 0 amide bonds. The summed E-state index contributed by atoms with van der Waals surface area (Å²) in [7, 11) is 1.96. The lowest BCUT2D eigenvalue weighted by molar-refractivity contribution is 0.381. The van der Waals surface area contributed by atoms with Gasteiger partial charge in [0.15, 0.2) is 0 Å². The van der Waals surface area contributed by atoms with Crippen LogP contribution in [-0.4, -0.2) is 19.6 Å². The van der Waals surface area contributed by atoms with E-state index in [-0.39, 0.29) is 0 Å². The van der Waals surface area contributed by atoms with E-state index in [1.54, 1.807) is 0 Å². The Labute approximate surface area is 92.1 Å². The maximum absolute atomic E-state index is 3.49. The molecule has 2 N–H and O–H groups in total. The van der Waals surface area contributed by atoms with E-state index in [0.717, 1.165) is 12.5 Å². The second-order valence-corrected chi connectivity index (χ2v) is 4.45. The Morgan fingerprint density at radius 2 is 2.00 bits per heavy atom. The highest BCUT2D eigenvalue weighted by Gasteiger charge is 2.19. The number of rotatable bonds is 2. The molecule has 1 heterocycles. The van der Waals surface area contributed by atoms with E-state index in [2.05, 4.69) is 41.8 Å². The summed E-state index contributed by atoms with van der Waals surface area (Å²) in [5.74, 6) is 0.743. The maximum atomic E-state index is 3.49. The summed E-state index contributed by atoms with van der Waals surface area (Å²) in [6, 6.07) is 9.51. The molecule has 1 aliphatic rings. The van der Waals surface area contributed by atoms with Gasteiger partial charge < -0.3 is 10.6 Å². The minimum Gasteiger partial charge on any atom is -0.388 e. The zero-order valence-electron chi connectivity index (χ0n) is 9.59. The van der Waals surface area contributed by atoms with Gasteiger partial charge >= 0.3 is 0 Å². The average molecular weight is 204 g/mol. The van der Waals surface area contributed by atoms with Crippen molar-refractivity contribution in [1.82, 2.24) is 5.32 Å². The summed E-state index contributed by atoms with van der Waals surface area (Å²) in [4.78, 5) is 0. The Morgan fingerprint density at radius 3 is 2.60 bits per heavy atom. The van der Waals surface area contributed by atoms with Gasteiger partial charge in [-0.3, -0.25) is 0 Å². The Bertz CT molecular complexity index is 305. The molecule has 0 bridgehead atoms. The van der Waals surface area contributed by atoms with Gasteiger partial charge in [-0.1, -0.05) is 12.1 Å². The van der Waals surface area contributed by atoms with Crippen LogP contribution in [0.3, 0.4) is 0 Å². The van der Waals surface area contributed by atoms with Gasteiger partial charge in [-0.25, -0.2) is 0 Å². The van der Waals surface area contributed by atoms with Gasteiger partial charge in [-0.15, -0.1) is 0 Å². The monoisotopic (exact) mass is 204 g/mol. The van der Waals surface area contributed by atoms with Crippen LogP contribution < -0.4 is 10.6 Å². The van der Waals surface area contributed by atoms with Crippen molar-refractivity contribution in [3.63, 3.8) is 0 Å². The van der Waals surface area contributed by atoms with Gasteiger partial charge in [-0.2, -0.15) is 0 Å². The fourth-order valence-corrected chi connectivity index (χ4v) is 2.36. The summed E-state index contributed by atoms with van der Waals surface area (Å²) in [6.07, 6.45) is 2.53. The normalized spacial score (nSPS) is 26.3. The van der Waals surface area contributed by atoms with E-state index in [1.807, 2.05) is 7.05 Å². The molecule has 2 rings (SSSR count). The summed E-state index contributed by atoms with van der Waals surface area (Å²) >= 11 is 0. The van der Waals surface area contributed by atoms with Crippen LogP contribution >= 0.6 is 0 Å². The van der Waals surface area contributed by atoms with Crippen molar-refractivity contribution in [3.05, 3.63) is 29.8 Å². The van der Waals surface area contributed by atoms with Crippen molar-refractivity contribution in [3.8, 4) is 0 Å². The molecule has 0 radical (unpaired) electrons. The predicted molar refractivity (Wildman–Crippen MR) is 65.4 cm³/mol. The van der Waals surface area contributed by atoms with Gasteiger partial charge in [0.05, 0.1) is 0 Å². The molecule has 1 aromatic rings. The molecule has 0 aliphatic carbocycles. The molecule has 1 aliphatic heterocycles. The molecule has 0 saturated carbocycles. The smallest absolute Gasteiger partial charge is 0.0337 e. The van der Waals surface area contributed by atoms with Crippen LogP contribution in [0.1, 0.15) is 31.2 Å². The second kappa shape index (κ2) is 4.67. The molecule has 1 fully saturated rings. The lowest BCUT2D eigenvalue weighted by atomic mass is 9.87. The molecule has 15 heavy (non-hydrogen) atoms. The number of benzene rings is 1. The van der Waals surface area contributed by atoms with Gasteiger partial charge in [0, 0.05) is 18.8 Å². The number of hydrogen-bond acceptors (Lipinski definition) is 2. The summed E-state index contributed by atoms with van der Waals surface area (Å²) in [5, 5.41) is 6.65. The van der Waals surface area contributed by atoms with Crippen LogP contribution in [-0.2, 0) is 0 Å². The van der Waals surface area contributed by atoms with Crippen LogP contribution in [0.2, 0.25) is 0 Å². The zero-order chi connectivity index (χ0) is 10.7. The van der Waals surface area contributed by atoms with Gasteiger partial charge in [0.2, 0.25) is 0 Å². The molecule has 2 nitrogen and oxygen atoms in total. The Balaban J connectivity index is 2.07. The van der Waals surface area contributed by atoms with Crippen molar-refractivity contribution in [2.75, 3.05) is 18.9 Å². The molecule has 1 aromatic carbocycles. The van der Waals surface area contributed by atoms with E-state index in [4.69, 9.17) is 0 Å². The summed E-state index contributed by atoms with van der Waals surface area (Å²) in [6.45, 7) is 3.42. The Morgan fingerprint density at radius 1 is 1.27 bits per heavy atom. The minimum atomic E-state index is 0.660. The molecule has 82 valence electrons. The zero-order valence-corrected chi connectivity index (χ0v) is 9.59. The van der Waals surface area contributed by atoms with Crippen LogP contribution in [0.5, 0.6) is 0 Å². The number of hydrogen-bond donors (Lipinski definition) is 2. The molecule has 2 heteroatoms. The highest BCUT2D eigenvalue weighted by Crippen LogP contribution is 2.28. The standard InChI is InChI=1S/C13H20N2/c1-10-9-12(7-8-15-10)11-3-5-13(14-2)6-4-11/h3-6,10,12,14-15H,7-9H2,1-2H3. The minimum absolute atomic E-state index is 0.660. The van der Waals surface area contributed by atoms with E-state index < -0.39 is 0 Å². The predicted octanol–water partition coefficient (Wildman–Crippen LogP) is 2.58. The highest BCUT2D eigenvalue weighted by molar-refractivity contribution is 5.44. The van der Waals surface area contributed by atoms with Crippen LogP contribution in [0.25, 0.3) is 0 Å². The molecular formula is C13H20N2. The lowest BCUT2D eigenvalue weighted by Gasteiger charge is -2.28. The van der Waals surface area contributed by atoms with Crippen molar-refractivity contribution in [2.24, 2.45) is 0 Å². The Hall–Kier alpha value is -1.02. The van der Waals surface area contributed by atoms with E-state index in [0.29, 0.717) is 6.04 Å². The topological polar surface area (TPSA) is 24.1 Å². The van der Waals surface area contributed by atoms with Gasteiger partial charge in [-0.05, 0) is 49.9 Å². The van der Waals surface area contributed by atoms with Crippen molar-refractivity contribution in [1.29, 1.82) is 0 Å². The molecule has 2 atom stereocenters. The summed E-state index contributed by atoms with van der Waals surface area (Å²) in [5.41, 5.74) is 2.68. The average Bonchev–Trinajstić information content (AvgIpc) is 2.29. The molecule has 0 aromatic heterocycles. The fraction of sp³-hybridized carbons (Fsp3) is 0.538. The number of anilines is 1.